The predicted molar refractivity (Wildman–Crippen MR) is 70.5 cm³/mol. The molecule has 0 aromatic heterocycles. The molecule has 0 spiro atoms. The summed E-state index contributed by atoms with van der Waals surface area (Å²) in [5.74, 6) is -1.70. The number of hydrogen-bond acceptors (Lipinski definition) is 2. The van der Waals surface area contributed by atoms with Crippen molar-refractivity contribution in [2.75, 3.05) is 18.8 Å². The standard InChI is InChI=1S/C13H14ClF3N2O/c14-10-3-1-2-9(11(10)18)12(20)19-6-4-8(5-7-19)13(15,16)17/h1-3,8H,4-7,18H2. The molecule has 1 aromatic carbocycles. The molecule has 0 radical (unpaired) electrons. The van der Waals surface area contributed by atoms with Crippen molar-refractivity contribution in [1.82, 2.24) is 4.90 Å². The number of likely N-dealkylation sites (tertiary alicyclic amines) is 1. The van der Waals surface area contributed by atoms with E-state index in [-0.39, 0.29) is 48.1 Å². The molecule has 2 rings (SSSR count). The number of piperidine rings is 1. The summed E-state index contributed by atoms with van der Waals surface area (Å²) in [6, 6.07) is 4.68. The number of rotatable bonds is 1. The number of nitrogen functional groups attached to an aromatic ring is 1. The van der Waals surface area contributed by atoms with Gasteiger partial charge in [-0.3, -0.25) is 4.79 Å². The van der Waals surface area contributed by atoms with Crippen molar-refractivity contribution >= 4 is 23.2 Å². The lowest BCUT2D eigenvalue weighted by Crippen LogP contribution is -2.42. The lowest BCUT2D eigenvalue weighted by Gasteiger charge is -2.33. The van der Waals surface area contributed by atoms with Crippen LogP contribution in [0, 0.1) is 5.92 Å². The first kappa shape index (κ1) is 15.0. The van der Waals surface area contributed by atoms with Gasteiger partial charge >= 0.3 is 6.18 Å². The van der Waals surface area contributed by atoms with Crippen molar-refractivity contribution in [3.63, 3.8) is 0 Å². The van der Waals surface area contributed by atoms with E-state index in [4.69, 9.17) is 17.3 Å². The summed E-state index contributed by atoms with van der Waals surface area (Å²) >= 11 is 5.84. The lowest BCUT2D eigenvalue weighted by molar-refractivity contribution is -0.183. The predicted octanol–water partition coefficient (Wildman–Crippen LogP) is 3.34. The van der Waals surface area contributed by atoms with Crippen LogP contribution in [0.1, 0.15) is 23.2 Å². The van der Waals surface area contributed by atoms with Crippen molar-refractivity contribution in [3.05, 3.63) is 28.8 Å². The van der Waals surface area contributed by atoms with Crippen LogP contribution in [0.25, 0.3) is 0 Å². The molecule has 1 amide bonds. The number of halogens is 4. The molecule has 1 heterocycles. The van der Waals surface area contributed by atoms with E-state index >= 15 is 0 Å². The number of benzene rings is 1. The third kappa shape index (κ3) is 3.00. The lowest BCUT2D eigenvalue weighted by atomic mass is 9.95. The summed E-state index contributed by atoms with van der Waals surface area (Å²) in [6.45, 7) is 0.157. The van der Waals surface area contributed by atoms with E-state index in [1.54, 1.807) is 12.1 Å². The number of para-hydroxylation sites is 1. The highest BCUT2D eigenvalue weighted by Gasteiger charge is 2.41. The second-order valence-corrected chi connectivity index (χ2v) is 5.22. The number of alkyl halides is 3. The van der Waals surface area contributed by atoms with Crippen LogP contribution >= 0.6 is 11.6 Å². The second-order valence-electron chi connectivity index (χ2n) is 4.81. The summed E-state index contributed by atoms with van der Waals surface area (Å²) in [7, 11) is 0. The molecule has 1 aliphatic rings. The van der Waals surface area contributed by atoms with Gasteiger partial charge in [0.1, 0.15) is 0 Å². The number of carbonyl (C=O) groups excluding carboxylic acids is 1. The van der Waals surface area contributed by atoms with Crippen molar-refractivity contribution in [3.8, 4) is 0 Å². The molecular formula is C13H14ClF3N2O. The van der Waals surface area contributed by atoms with Gasteiger partial charge in [0, 0.05) is 13.1 Å². The highest BCUT2D eigenvalue weighted by molar-refractivity contribution is 6.33. The smallest absolute Gasteiger partial charge is 0.391 e. The van der Waals surface area contributed by atoms with Crippen LogP contribution in [0.3, 0.4) is 0 Å². The summed E-state index contributed by atoms with van der Waals surface area (Å²) < 4.78 is 37.7. The van der Waals surface area contributed by atoms with E-state index in [1.165, 1.54) is 11.0 Å². The Labute approximate surface area is 119 Å². The van der Waals surface area contributed by atoms with E-state index < -0.39 is 12.1 Å². The van der Waals surface area contributed by atoms with Crippen molar-refractivity contribution < 1.29 is 18.0 Å². The molecule has 0 bridgehead atoms. The maximum atomic E-state index is 12.6. The van der Waals surface area contributed by atoms with E-state index in [2.05, 4.69) is 0 Å². The Morgan fingerprint density at radius 2 is 1.90 bits per heavy atom. The Balaban J connectivity index is 2.07. The quantitative estimate of drug-likeness (QED) is 0.809. The number of hydrogen-bond donors (Lipinski definition) is 1. The van der Waals surface area contributed by atoms with Crippen LogP contribution < -0.4 is 5.73 Å². The van der Waals surface area contributed by atoms with E-state index in [1.807, 2.05) is 0 Å². The summed E-state index contributed by atoms with van der Waals surface area (Å²) in [5.41, 5.74) is 6.13. The van der Waals surface area contributed by atoms with Gasteiger partial charge in [0.25, 0.3) is 5.91 Å². The minimum Gasteiger partial charge on any atom is -0.397 e. The van der Waals surface area contributed by atoms with Crippen LogP contribution in [0.4, 0.5) is 18.9 Å². The molecule has 0 atom stereocenters. The molecule has 20 heavy (non-hydrogen) atoms. The maximum Gasteiger partial charge on any atom is 0.391 e. The van der Waals surface area contributed by atoms with Gasteiger partial charge in [-0.2, -0.15) is 13.2 Å². The molecule has 1 saturated heterocycles. The third-order valence-corrected chi connectivity index (χ3v) is 3.86. The Bertz CT molecular complexity index is 511. The minimum absolute atomic E-state index is 0.0737. The van der Waals surface area contributed by atoms with Gasteiger partial charge < -0.3 is 10.6 Å². The fraction of sp³-hybridized carbons (Fsp3) is 0.462. The number of nitrogens with zero attached hydrogens (tertiary/aromatic N) is 1. The zero-order chi connectivity index (χ0) is 14.9. The van der Waals surface area contributed by atoms with Crippen molar-refractivity contribution in [1.29, 1.82) is 0 Å². The normalized spacial score (nSPS) is 17.3. The van der Waals surface area contributed by atoms with Gasteiger partial charge in [0.05, 0.1) is 22.2 Å². The third-order valence-electron chi connectivity index (χ3n) is 3.53. The number of amides is 1. The maximum absolute atomic E-state index is 12.6. The first-order valence-corrected chi connectivity index (χ1v) is 6.58. The Morgan fingerprint density at radius 3 is 2.45 bits per heavy atom. The van der Waals surface area contributed by atoms with Gasteiger partial charge in [-0.1, -0.05) is 17.7 Å². The second kappa shape index (κ2) is 5.52. The van der Waals surface area contributed by atoms with Crippen LogP contribution in [0.5, 0.6) is 0 Å². The monoisotopic (exact) mass is 306 g/mol. The molecule has 1 aliphatic heterocycles. The van der Waals surface area contributed by atoms with Gasteiger partial charge in [0.2, 0.25) is 0 Å². The first-order valence-electron chi connectivity index (χ1n) is 6.20. The van der Waals surface area contributed by atoms with Crippen LogP contribution in [-0.2, 0) is 0 Å². The molecule has 0 unspecified atom stereocenters. The zero-order valence-electron chi connectivity index (χ0n) is 10.6. The van der Waals surface area contributed by atoms with E-state index in [0.717, 1.165) is 0 Å². The number of carbonyl (C=O) groups is 1. The largest absolute Gasteiger partial charge is 0.397 e. The molecule has 7 heteroatoms. The molecule has 1 aromatic rings. The zero-order valence-corrected chi connectivity index (χ0v) is 11.3. The molecule has 0 aliphatic carbocycles. The van der Waals surface area contributed by atoms with Crippen LogP contribution in [0.15, 0.2) is 18.2 Å². The van der Waals surface area contributed by atoms with Gasteiger partial charge in [-0.25, -0.2) is 0 Å². The Kier molecular flexibility index (Phi) is 4.13. The van der Waals surface area contributed by atoms with E-state index in [9.17, 15) is 18.0 Å². The summed E-state index contributed by atoms with van der Waals surface area (Å²) in [4.78, 5) is 13.6. The first-order chi connectivity index (χ1) is 9.30. The van der Waals surface area contributed by atoms with Gasteiger partial charge in [-0.15, -0.1) is 0 Å². The highest BCUT2D eigenvalue weighted by atomic mass is 35.5. The topological polar surface area (TPSA) is 46.3 Å². The van der Waals surface area contributed by atoms with Crippen LogP contribution in [-0.4, -0.2) is 30.1 Å². The average Bonchev–Trinajstić information content (AvgIpc) is 2.40. The van der Waals surface area contributed by atoms with E-state index in [0.29, 0.717) is 0 Å². The number of anilines is 1. The Morgan fingerprint density at radius 1 is 1.30 bits per heavy atom. The molecule has 1 fully saturated rings. The molecule has 0 saturated carbocycles. The van der Waals surface area contributed by atoms with Gasteiger partial charge in [0.15, 0.2) is 0 Å². The fourth-order valence-electron chi connectivity index (χ4n) is 2.30. The molecule has 2 N–H and O–H groups in total. The fourth-order valence-corrected chi connectivity index (χ4v) is 2.48. The molecule has 3 nitrogen and oxygen atoms in total. The highest BCUT2D eigenvalue weighted by Crippen LogP contribution is 2.34. The minimum atomic E-state index is -4.19. The van der Waals surface area contributed by atoms with Crippen LogP contribution in [0.2, 0.25) is 5.02 Å². The van der Waals surface area contributed by atoms with Gasteiger partial charge in [-0.05, 0) is 25.0 Å². The summed E-state index contributed by atoms with van der Waals surface area (Å²) in [5, 5.41) is 0.265. The average molecular weight is 307 g/mol. The molecular weight excluding hydrogens is 293 g/mol. The number of nitrogens with two attached hydrogens (primary N) is 1. The van der Waals surface area contributed by atoms with Crippen molar-refractivity contribution in [2.24, 2.45) is 5.92 Å². The Hall–Kier alpha value is -1.43. The van der Waals surface area contributed by atoms with Crippen molar-refractivity contribution in [2.45, 2.75) is 19.0 Å². The molecule has 110 valence electrons. The summed E-state index contributed by atoms with van der Waals surface area (Å²) in [6.07, 6.45) is -4.34. The SMILES string of the molecule is Nc1c(Cl)cccc1C(=O)N1CCC(C(F)(F)F)CC1.